The Morgan fingerprint density at radius 3 is 2.38 bits per heavy atom. The van der Waals surface area contributed by atoms with Gasteiger partial charge in [-0.1, -0.05) is 0 Å². The van der Waals surface area contributed by atoms with E-state index in [0.29, 0.717) is 4.88 Å². The van der Waals surface area contributed by atoms with Gasteiger partial charge in [-0.25, -0.2) is 4.98 Å². The molecule has 1 N–H and O–H groups in total. The number of halogens is 2. The number of alkyl halides is 2. The van der Waals surface area contributed by atoms with Crippen LogP contribution in [0.5, 0.6) is 0 Å². The summed E-state index contributed by atoms with van der Waals surface area (Å²) in [6.45, 7) is 5.50. The summed E-state index contributed by atoms with van der Waals surface area (Å²) in [6.07, 6.45) is 0. The maximum absolute atomic E-state index is 12.0. The van der Waals surface area contributed by atoms with Crippen LogP contribution in [-0.2, 0) is 0 Å². The summed E-state index contributed by atoms with van der Waals surface area (Å²) in [6, 6.07) is 0. The molecule has 0 radical (unpaired) electrons. The molecule has 90 valence electrons. The molecule has 0 aromatic carbocycles. The normalized spacial score (nSPS) is 11.6. The third-order valence-electron chi connectivity index (χ3n) is 2.11. The standard InChI is InChI=1S/C10H14Cl2N2OS/c1-6-8(16-7(2)13-6)9(15)14-10(3,4-11)5-12/h4-5H2,1-3H3,(H,14,15). The lowest BCUT2D eigenvalue weighted by atomic mass is 10.1. The first kappa shape index (κ1) is 13.7. The molecule has 1 amide bonds. The fourth-order valence-electron chi connectivity index (χ4n) is 1.18. The molecule has 0 aliphatic rings. The number of carbonyl (C=O) groups excluding carboxylic acids is 1. The molecule has 0 atom stereocenters. The van der Waals surface area contributed by atoms with Crippen molar-refractivity contribution in [3.05, 3.63) is 15.6 Å². The number of hydrogen-bond donors (Lipinski definition) is 1. The van der Waals surface area contributed by atoms with Gasteiger partial charge in [0.1, 0.15) is 4.88 Å². The number of hydrogen-bond acceptors (Lipinski definition) is 3. The molecule has 1 heterocycles. The highest BCUT2D eigenvalue weighted by atomic mass is 35.5. The molecule has 0 saturated heterocycles. The van der Waals surface area contributed by atoms with Crippen LogP contribution < -0.4 is 5.32 Å². The second-order valence-electron chi connectivity index (χ2n) is 3.93. The lowest BCUT2D eigenvalue weighted by Crippen LogP contribution is -2.49. The van der Waals surface area contributed by atoms with E-state index in [0.717, 1.165) is 10.7 Å². The molecule has 0 spiro atoms. The van der Waals surface area contributed by atoms with Crippen molar-refractivity contribution in [2.45, 2.75) is 26.3 Å². The zero-order valence-electron chi connectivity index (χ0n) is 9.43. The highest BCUT2D eigenvalue weighted by Gasteiger charge is 2.26. The SMILES string of the molecule is Cc1nc(C)c(C(=O)NC(C)(CCl)CCl)s1. The summed E-state index contributed by atoms with van der Waals surface area (Å²) in [5.74, 6) is 0.393. The number of aromatic nitrogens is 1. The fourth-order valence-corrected chi connectivity index (χ4v) is 2.41. The molecule has 0 saturated carbocycles. The Morgan fingerprint density at radius 1 is 1.44 bits per heavy atom. The molecule has 1 aromatic heterocycles. The minimum absolute atomic E-state index is 0.160. The van der Waals surface area contributed by atoms with Gasteiger partial charge in [0.25, 0.3) is 5.91 Å². The van der Waals surface area contributed by atoms with Crippen LogP contribution in [0.1, 0.15) is 27.3 Å². The molecule has 0 unspecified atom stereocenters. The predicted octanol–water partition coefficient (Wildman–Crippen LogP) is 2.73. The third-order valence-corrected chi connectivity index (χ3v) is 4.37. The Morgan fingerprint density at radius 2 is 2.00 bits per heavy atom. The summed E-state index contributed by atoms with van der Waals surface area (Å²) in [5.41, 5.74) is 0.163. The van der Waals surface area contributed by atoms with Crippen LogP contribution in [0.25, 0.3) is 0 Å². The van der Waals surface area contributed by atoms with E-state index < -0.39 is 5.54 Å². The van der Waals surface area contributed by atoms with Crippen LogP contribution in [0.2, 0.25) is 0 Å². The Bertz CT molecular complexity index is 388. The summed E-state index contributed by atoms with van der Waals surface area (Å²) < 4.78 is 0. The Labute approximate surface area is 109 Å². The van der Waals surface area contributed by atoms with E-state index in [1.54, 1.807) is 0 Å². The van der Waals surface area contributed by atoms with Gasteiger partial charge in [0.2, 0.25) is 0 Å². The van der Waals surface area contributed by atoms with Crippen molar-refractivity contribution >= 4 is 40.4 Å². The van der Waals surface area contributed by atoms with Crippen molar-refractivity contribution in [3.63, 3.8) is 0 Å². The van der Waals surface area contributed by atoms with Gasteiger partial charge in [0.05, 0.1) is 16.2 Å². The average Bonchev–Trinajstić information content (AvgIpc) is 2.57. The van der Waals surface area contributed by atoms with E-state index in [4.69, 9.17) is 23.2 Å². The quantitative estimate of drug-likeness (QED) is 0.862. The number of rotatable bonds is 4. The molecule has 16 heavy (non-hydrogen) atoms. The van der Waals surface area contributed by atoms with E-state index in [1.165, 1.54) is 11.3 Å². The molecule has 1 aromatic rings. The van der Waals surface area contributed by atoms with Crippen molar-refractivity contribution < 1.29 is 4.79 Å². The minimum Gasteiger partial charge on any atom is -0.344 e. The van der Waals surface area contributed by atoms with E-state index in [-0.39, 0.29) is 17.7 Å². The zero-order chi connectivity index (χ0) is 12.3. The first-order valence-corrected chi connectivity index (χ1v) is 6.69. The number of nitrogens with one attached hydrogen (secondary N) is 1. The molecule has 0 bridgehead atoms. The monoisotopic (exact) mass is 280 g/mol. The van der Waals surface area contributed by atoms with Crippen molar-refractivity contribution in [1.82, 2.24) is 10.3 Å². The average molecular weight is 281 g/mol. The first-order chi connectivity index (χ1) is 7.41. The van der Waals surface area contributed by atoms with Gasteiger partial charge in [-0.2, -0.15) is 0 Å². The van der Waals surface area contributed by atoms with Gasteiger partial charge < -0.3 is 5.32 Å². The second-order valence-corrected chi connectivity index (χ2v) is 5.67. The van der Waals surface area contributed by atoms with E-state index in [2.05, 4.69) is 10.3 Å². The van der Waals surface area contributed by atoms with Crippen LogP contribution >= 0.6 is 34.5 Å². The molecule has 0 aliphatic heterocycles. The number of aryl methyl sites for hydroxylation is 2. The maximum atomic E-state index is 12.0. The van der Waals surface area contributed by atoms with Crippen molar-refractivity contribution in [3.8, 4) is 0 Å². The van der Waals surface area contributed by atoms with Gasteiger partial charge in [0, 0.05) is 11.8 Å². The lowest BCUT2D eigenvalue weighted by Gasteiger charge is -2.25. The van der Waals surface area contributed by atoms with Crippen molar-refractivity contribution in [1.29, 1.82) is 0 Å². The zero-order valence-corrected chi connectivity index (χ0v) is 11.8. The molecule has 1 rings (SSSR count). The Hall–Kier alpha value is -0.320. The first-order valence-electron chi connectivity index (χ1n) is 4.80. The van der Waals surface area contributed by atoms with Gasteiger partial charge in [-0.15, -0.1) is 34.5 Å². The minimum atomic E-state index is -0.579. The highest BCUT2D eigenvalue weighted by molar-refractivity contribution is 7.13. The van der Waals surface area contributed by atoms with Crippen LogP contribution in [0.15, 0.2) is 0 Å². The van der Waals surface area contributed by atoms with E-state index in [1.807, 2.05) is 20.8 Å². The molecule has 0 fully saturated rings. The summed E-state index contributed by atoms with van der Waals surface area (Å²) >= 11 is 12.9. The summed E-state index contributed by atoms with van der Waals surface area (Å²) in [5, 5.41) is 3.71. The molecular formula is C10H14Cl2N2OS. The predicted molar refractivity (Wildman–Crippen MR) is 68.9 cm³/mol. The maximum Gasteiger partial charge on any atom is 0.263 e. The van der Waals surface area contributed by atoms with Gasteiger partial charge in [-0.05, 0) is 20.8 Å². The smallest absolute Gasteiger partial charge is 0.263 e. The Balaban J connectivity index is 2.84. The number of nitrogens with zero attached hydrogens (tertiary/aromatic N) is 1. The third kappa shape index (κ3) is 3.09. The fraction of sp³-hybridized carbons (Fsp3) is 0.600. The highest BCUT2D eigenvalue weighted by Crippen LogP contribution is 2.18. The van der Waals surface area contributed by atoms with Crippen LogP contribution in [-0.4, -0.2) is 28.2 Å². The number of carbonyl (C=O) groups is 1. The van der Waals surface area contributed by atoms with Crippen molar-refractivity contribution in [2.75, 3.05) is 11.8 Å². The van der Waals surface area contributed by atoms with Gasteiger partial charge in [-0.3, -0.25) is 4.79 Å². The second kappa shape index (κ2) is 5.34. The number of thiazole rings is 1. The summed E-state index contributed by atoms with van der Waals surface area (Å²) in [4.78, 5) is 16.8. The van der Waals surface area contributed by atoms with Crippen LogP contribution in [0.3, 0.4) is 0 Å². The van der Waals surface area contributed by atoms with Crippen LogP contribution in [0.4, 0.5) is 0 Å². The summed E-state index contributed by atoms with van der Waals surface area (Å²) in [7, 11) is 0. The van der Waals surface area contributed by atoms with Crippen molar-refractivity contribution in [2.24, 2.45) is 0 Å². The Kier molecular flexibility index (Phi) is 4.59. The molecule has 3 nitrogen and oxygen atoms in total. The van der Waals surface area contributed by atoms with Crippen LogP contribution in [0, 0.1) is 13.8 Å². The van der Waals surface area contributed by atoms with E-state index in [9.17, 15) is 4.79 Å². The largest absolute Gasteiger partial charge is 0.344 e. The van der Waals surface area contributed by atoms with Gasteiger partial charge in [0.15, 0.2) is 0 Å². The topological polar surface area (TPSA) is 42.0 Å². The van der Waals surface area contributed by atoms with Gasteiger partial charge >= 0.3 is 0 Å². The number of amides is 1. The molecule has 0 aliphatic carbocycles. The molecule has 6 heteroatoms. The lowest BCUT2D eigenvalue weighted by molar-refractivity contribution is 0.0925. The van der Waals surface area contributed by atoms with E-state index >= 15 is 0 Å². The molecular weight excluding hydrogens is 267 g/mol.